The van der Waals surface area contributed by atoms with Crippen molar-refractivity contribution in [2.45, 2.75) is 68.3 Å². The molecule has 0 amide bonds. The molecule has 5 rings (SSSR count). The number of hydrogen-bond acceptors (Lipinski definition) is 15. The first-order valence-electron chi connectivity index (χ1n) is 12.9. The molecule has 15 nitrogen and oxygen atoms in total. The van der Waals surface area contributed by atoms with Crippen molar-refractivity contribution >= 4 is 11.0 Å². The smallest absolute Gasteiger partial charge is 0.238 e. The molecule has 0 saturated carbocycles. The molecule has 1 aromatic heterocycles. The molecule has 15 heteroatoms. The van der Waals surface area contributed by atoms with Gasteiger partial charge in [0.1, 0.15) is 70.9 Å². The molecule has 0 bridgehead atoms. The number of aliphatic hydroxyl groups excluding tert-OH is 7. The summed E-state index contributed by atoms with van der Waals surface area (Å²) < 4.78 is 27.6. The predicted molar refractivity (Wildman–Crippen MR) is 139 cm³/mol. The molecule has 2 saturated heterocycles. The maximum Gasteiger partial charge on any atom is 0.238 e. The minimum atomic E-state index is -1.64. The molecule has 0 unspecified atom stereocenters. The molecular formula is C27H30O15. The van der Waals surface area contributed by atoms with E-state index in [4.69, 9.17) is 23.4 Å². The summed E-state index contributed by atoms with van der Waals surface area (Å²) in [6.45, 7) is 0.826. The van der Waals surface area contributed by atoms with Crippen LogP contribution in [0.1, 0.15) is 6.92 Å². The zero-order valence-corrected chi connectivity index (χ0v) is 21.9. The van der Waals surface area contributed by atoms with Crippen molar-refractivity contribution in [1.29, 1.82) is 0 Å². The van der Waals surface area contributed by atoms with Crippen LogP contribution in [-0.2, 0) is 9.47 Å². The van der Waals surface area contributed by atoms with E-state index in [2.05, 4.69) is 0 Å². The van der Waals surface area contributed by atoms with E-state index in [0.29, 0.717) is 0 Å². The van der Waals surface area contributed by atoms with Gasteiger partial charge in [-0.1, -0.05) is 0 Å². The Labute approximate surface area is 236 Å². The Morgan fingerprint density at radius 1 is 0.762 bits per heavy atom. The number of phenolic OH excluding ortho intramolecular Hbond substituents is 1. The molecule has 2 aliphatic heterocycles. The molecule has 9 N–H and O–H groups in total. The van der Waals surface area contributed by atoms with Crippen LogP contribution in [0.5, 0.6) is 23.0 Å². The van der Waals surface area contributed by atoms with Gasteiger partial charge in [0.2, 0.25) is 23.8 Å². The summed E-state index contributed by atoms with van der Waals surface area (Å²) in [6.07, 6.45) is -14.3. The average molecular weight is 595 g/mol. The highest BCUT2D eigenvalue weighted by atomic mass is 16.7. The second kappa shape index (κ2) is 11.6. The minimum Gasteiger partial charge on any atom is -0.507 e. The van der Waals surface area contributed by atoms with E-state index in [0.717, 1.165) is 6.07 Å². The lowest BCUT2D eigenvalue weighted by atomic mass is 9.99. The minimum absolute atomic E-state index is 0.117. The number of ether oxygens (including phenoxy) is 4. The lowest BCUT2D eigenvalue weighted by Crippen LogP contribution is -2.60. The predicted octanol–water partition coefficient (Wildman–Crippen LogP) is -1.74. The summed E-state index contributed by atoms with van der Waals surface area (Å²) in [7, 11) is 0. The van der Waals surface area contributed by atoms with Gasteiger partial charge in [-0.2, -0.15) is 0 Å². The Balaban J connectivity index is 1.41. The van der Waals surface area contributed by atoms with E-state index in [1.165, 1.54) is 37.3 Å². The number of benzene rings is 2. The summed E-state index contributed by atoms with van der Waals surface area (Å²) in [4.78, 5) is 12.9. The third-order valence-electron chi connectivity index (χ3n) is 7.20. The van der Waals surface area contributed by atoms with E-state index in [9.17, 15) is 50.8 Å². The van der Waals surface area contributed by atoms with Crippen LogP contribution in [-0.4, -0.2) is 114 Å². The van der Waals surface area contributed by atoms with Crippen molar-refractivity contribution in [1.82, 2.24) is 0 Å². The van der Waals surface area contributed by atoms with Gasteiger partial charge in [0, 0.05) is 17.7 Å². The van der Waals surface area contributed by atoms with Crippen LogP contribution in [0.15, 0.2) is 45.6 Å². The number of phenols is 1. The molecule has 42 heavy (non-hydrogen) atoms. The van der Waals surface area contributed by atoms with Crippen molar-refractivity contribution in [3.05, 3.63) is 46.6 Å². The standard InChI is InChI=1S/C27H30O15/c1-9-17(30)20(33)23(36)26(38-9)40-12-6-13(29)16-14(7-12)41-25(22(35)19(16)32)10-2-4-11(5-3-10)39-27-24(37)21(34)18(31)15(8-28)42-27/h2-7,9,15,17-18,20-21,23-24,26-31,33-37H,8H2,1H3/t9-,15+,17-,18+,20+,21-,23-,24+,26-,27+/m0/s1. The van der Waals surface area contributed by atoms with Gasteiger partial charge in [-0.3, -0.25) is 4.79 Å². The van der Waals surface area contributed by atoms with Crippen molar-refractivity contribution in [2.24, 2.45) is 0 Å². The molecule has 10 atom stereocenters. The number of hydrogen-bond donors (Lipinski definition) is 9. The largest absolute Gasteiger partial charge is 0.507 e. The summed E-state index contributed by atoms with van der Waals surface area (Å²) in [5.41, 5.74) is -0.975. The second-order valence-electron chi connectivity index (χ2n) is 10.1. The van der Waals surface area contributed by atoms with Gasteiger partial charge in [-0.15, -0.1) is 0 Å². The Kier molecular flexibility index (Phi) is 8.30. The maximum atomic E-state index is 12.9. The van der Waals surface area contributed by atoms with Gasteiger partial charge in [-0.05, 0) is 31.2 Å². The van der Waals surface area contributed by atoms with E-state index >= 15 is 0 Å². The quantitative estimate of drug-likeness (QED) is 0.154. The Hall–Kier alpha value is -3.51. The molecule has 0 aliphatic carbocycles. The number of fused-ring (bicyclic) bond motifs is 1. The highest BCUT2D eigenvalue weighted by Gasteiger charge is 2.45. The first-order valence-corrected chi connectivity index (χ1v) is 12.9. The Morgan fingerprint density at radius 3 is 2.00 bits per heavy atom. The lowest BCUT2D eigenvalue weighted by molar-refractivity contribution is -0.277. The van der Waals surface area contributed by atoms with Gasteiger partial charge in [0.05, 0.1) is 12.7 Å². The van der Waals surface area contributed by atoms with Crippen LogP contribution < -0.4 is 14.9 Å². The van der Waals surface area contributed by atoms with Crippen LogP contribution in [0.3, 0.4) is 0 Å². The van der Waals surface area contributed by atoms with Crippen molar-refractivity contribution in [3.63, 3.8) is 0 Å². The van der Waals surface area contributed by atoms with Crippen molar-refractivity contribution < 1.29 is 69.3 Å². The molecule has 2 aliphatic rings. The number of rotatable bonds is 6. The summed E-state index contributed by atoms with van der Waals surface area (Å²) in [6, 6.07) is 7.77. The highest BCUT2D eigenvalue weighted by Crippen LogP contribution is 2.37. The second-order valence-corrected chi connectivity index (χ2v) is 10.1. The summed E-state index contributed by atoms with van der Waals surface area (Å²) in [5.74, 6) is -1.72. The molecule has 2 aromatic carbocycles. The summed E-state index contributed by atoms with van der Waals surface area (Å²) in [5, 5.41) is 90.3. The fourth-order valence-corrected chi connectivity index (χ4v) is 4.76. The van der Waals surface area contributed by atoms with Crippen LogP contribution in [0.25, 0.3) is 22.3 Å². The molecule has 3 heterocycles. The van der Waals surface area contributed by atoms with Crippen LogP contribution in [0.4, 0.5) is 0 Å². The Bertz CT molecular complexity index is 1470. The fraction of sp³-hybridized carbons (Fsp3) is 0.444. The number of aromatic hydroxyl groups is 2. The van der Waals surface area contributed by atoms with E-state index < -0.39 is 84.9 Å². The summed E-state index contributed by atoms with van der Waals surface area (Å²) >= 11 is 0. The van der Waals surface area contributed by atoms with Gasteiger partial charge in [0.25, 0.3) is 0 Å². The molecule has 0 spiro atoms. The monoisotopic (exact) mass is 594 g/mol. The highest BCUT2D eigenvalue weighted by molar-refractivity contribution is 5.88. The molecule has 228 valence electrons. The van der Waals surface area contributed by atoms with Crippen molar-refractivity contribution in [3.8, 4) is 34.3 Å². The van der Waals surface area contributed by atoms with Crippen LogP contribution in [0.2, 0.25) is 0 Å². The van der Waals surface area contributed by atoms with Gasteiger partial charge >= 0.3 is 0 Å². The lowest BCUT2D eigenvalue weighted by Gasteiger charge is -2.39. The first kappa shape index (κ1) is 30.0. The average Bonchev–Trinajstić information content (AvgIpc) is 2.97. The zero-order chi connectivity index (χ0) is 30.5. The van der Waals surface area contributed by atoms with Gasteiger partial charge in [0.15, 0.2) is 5.76 Å². The van der Waals surface area contributed by atoms with Gasteiger partial charge in [-0.25, -0.2) is 0 Å². The first-order chi connectivity index (χ1) is 19.9. The molecule has 0 radical (unpaired) electrons. The SMILES string of the molecule is C[C@@H]1O[C@@H](Oc2cc(O)c3c(=O)c(O)c(-c4ccc(O[C@@H]5O[C@H](CO)[C@@H](O)[C@H](O)[C@H]5O)cc4)oc3c2)[C@@H](O)[C@H](O)[C@H]1O. The molecule has 2 fully saturated rings. The topological polar surface area (TPSA) is 249 Å². The van der Waals surface area contributed by atoms with Crippen molar-refractivity contribution in [2.75, 3.05) is 6.61 Å². The number of aliphatic hydroxyl groups is 7. The fourth-order valence-electron chi connectivity index (χ4n) is 4.76. The van der Waals surface area contributed by atoms with Crippen LogP contribution in [0, 0.1) is 0 Å². The third kappa shape index (κ3) is 5.37. The third-order valence-corrected chi connectivity index (χ3v) is 7.20. The normalized spacial score (nSPS) is 33.4. The maximum absolute atomic E-state index is 12.9. The van der Waals surface area contributed by atoms with Crippen LogP contribution >= 0.6 is 0 Å². The molecular weight excluding hydrogens is 564 g/mol. The van der Waals surface area contributed by atoms with E-state index in [1.807, 2.05) is 0 Å². The van der Waals surface area contributed by atoms with E-state index in [-0.39, 0.29) is 33.8 Å². The molecule has 3 aromatic rings. The zero-order valence-electron chi connectivity index (χ0n) is 21.9. The van der Waals surface area contributed by atoms with Gasteiger partial charge < -0.3 is 69.3 Å². The van der Waals surface area contributed by atoms with E-state index in [1.54, 1.807) is 0 Å². The Morgan fingerprint density at radius 2 is 1.36 bits per heavy atom.